The molecule has 0 saturated carbocycles. The molecule has 3 atom stereocenters. The van der Waals surface area contributed by atoms with E-state index < -0.39 is 53.0 Å². The molecule has 0 unspecified atom stereocenters. The van der Waals surface area contributed by atoms with E-state index in [1.165, 1.54) is 42.0 Å². The summed E-state index contributed by atoms with van der Waals surface area (Å²) in [7, 11) is 1.41. The van der Waals surface area contributed by atoms with Gasteiger partial charge in [0.25, 0.3) is 5.91 Å². The van der Waals surface area contributed by atoms with Gasteiger partial charge in [-0.2, -0.15) is 0 Å². The summed E-state index contributed by atoms with van der Waals surface area (Å²) in [6.45, 7) is 5.03. The summed E-state index contributed by atoms with van der Waals surface area (Å²) in [5, 5.41) is 14.5. The first-order valence-corrected chi connectivity index (χ1v) is 15.8. The zero-order valence-corrected chi connectivity index (χ0v) is 27.1. The van der Waals surface area contributed by atoms with Crippen molar-refractivity contribution in [1.29, 1.82) is 0 Å². The predicted molar refractivity (Wildman–Crippen MR) is 175 cm³/mol. The maximum Gasteiger partial charge on any atom is 0.408 e. The lowest BCUT2D eigenvalue weighted by Crippen LogP contribution is -2.71. The summed E-state index contributed by atoms with van der Waals surface area (Å²) in [6, 6.07) is 20.2. The highest BCUT2D eigenvalue weighted by Gasteiger charge is 2.55. The fourth-order valence-corrected chi connectivity index (χ4v) is 6.51. The van der Waals surface area contributed by atoms with Gasteiger partial charge in [-0.3, -0.25) is 14.5 Å². The Bertz CT molecular complexity index is 1650. The molecule has 3 aromatic carbocycles. The summed E-state index contributed by atoms with van der Waals surface area (Å²) in [5.74, 6) is -1.74. The lowest BCUT2D eigenvalue weighted by Gasteiger charge is -2.49. The molecule has 246 valence electrons. The quantitative estimate of drug-likeness (QED) is 0.113. The molecule has 0 aromatic heterocycles. The van der Waals surface area contributed by atoms with Gasteiger partial charge >= 0.3 is 12.1 Å². The van der Waals surface area contributed by atoms with Crippen LogP contribution >= 0.6 is 11.8 Å². The van der Waals surface area contributed by atoms with Crippen LogP contribution in [0.1, 0.15) is 49.6 Å². The van der Waals surface area contributed by atoms with Crippen molar-refractivity contribution >= 4 is 41.3 Å². The molecule has 12 nitrogen and oxygen atoms in total. The lowest BCUT2D eigenvalue weighted by atomic mass is 10.0. The first kappa shape index (κ1) is 33.2. The second kappa shape index (κ2) is 13.7. The second-order valence-electron chi connectivity index (χ2n) is 11.9. The maximum atomic E-state index is 13.8. The van der Waals surface area contributed by atoms with Crippen LogP contribution in [0.15, 0.2) is 90.3 Å². The molecule has 5 rings (SSSR count). The molecular weight excluding hydrogens is 624 g/mol. The van der Waals surface area contributed by atoms with Crippen LogP contribution in [0.5, 0.6) is 5.75 Å². The number of benzene rings is 3. The van der Waals surface area contributed by atoms with Crippen molar-refractivity contribution in [1.82, 2.24) is 15.5 Å². The van der Waals surface area contributed by atoms with E-state index in [4.69, 9.17) is 19.9 Å². The average molecular weight is 661 g/mol. The number of carbonyl (C=O) groups excluding carboxylic acids is 4. The van der Waals surface area contributed by atoms with Crippen LogP contribution in [0.4, 0.5) is 10.5 Å². The molecule has 2 aliphatic rings. The number of hydrogen-bond donors (Lipinski definition) is 4. The van der Waals surface area contributed by atoms with Crippen molar-refractivity contribution in [2.24, 2.45) is 0 Å². The molecule has 0 radical (unpaired) electrons. The molecule has 5 N–H and O–H groups in total. The molecule has 2 aliphatic heterocycles. The number of phenolic OH excluding ortho intramolecular Hbond substituents is 1. The third kappa shape index (κ3) is 7.30. The van der Waals surface area contributed by atoms with E-state index in [-0.39, 0.29) is 34.2 Å². The Morgan fingerprint density at radius 3 is 2.15 bits per heavy atom. The minimum absolute atomic E-state index is 0.00952. The number of β-lactam (4-membered cyclic amide) rings is 1. The number of alkyl carbamates (subject to hydrolysis) is 1. The molecule has 3 amide bonds. The number of nitrogen functional groups attached to an aromatic ring is 1. The molecule has 3 aromatic rings. The molecule has 0 bridgehead atoms. The Kier molecular flexibility index (Phi) is 9.66. The lowest BCUT2D eigenvalue weighted by molar-refractivity contribution is -0.155. The Morgan fingerprint density at radius 1 is 0.979 bits per heavy atom. The predicted octanol–water partition coefficient (Wildman–Crippen LogP) is 4.13. The summed E-state index contributed by atoms with van der Waals surface area (Å²) in [4.78, 5) is 55.1. The second-order valence-corrected chi connectivity index (χ2v) is 13.0. The average Bonchev–Trinajstić information content (AvgIpc) is 3.05. The first-order chi connectivity index (χ1) is 22.4. The van der Waals surface area contributed by atoms with E-state index in [1.807, 2.05) is 60.7 Å². The van der Waals surface area contributed by atoms with Crippen molar-refractivity contribution in [2.45, 2.75) is 49.9 Å². The van der Waals surface area contributed by atoms with Crippen LogP contribution in [0.3, 0.4) is 0 Å². The smallest absolute Gasteiger partial charge is 0.408 e. The molecule has 2 heterocycles. The van der Waals surface area contributed by atoms with Crippen LogP contribution in [0, 0.1) is 0 Å². The van der Waals surface area contributed by atoms with Crippen molar-refractivity contribution in [2.75, 3.05) is 18.6 Å². The van der Waals surface area contributed by atoms with Crippen LogP contribution in [0.25, 0.3) is 0 Å². The molecule has 0 aliphatic carbocycles. The zero-order valence-electron chi connectivity index (χ0n) is 26.3. The van der Waals surface area contributed by atoms with Gasteiger partial charge in [-0.15, -0.1) is 11.8 Å². The van der Waals surface area contributed by atoms with Gasteiger partial charge in [-0.1, -0.05) is 66.7 Å². The number of phenols is 1. The number of nitrogens with zero attached hydrogens (tertiary/aromatic N) is 1. The van der Waals surface area contributed by atoms with Crippen LogP contribution in [-0.2, 0) is 28.6 Å². The Labute approximate surface area is 276 Å². The van der Waals surface area contributed by atoms with Crippen LogP contribution in [0.2, 0.25) is 0 Å². The van der Waals surface area contributed by atoms with Gasteiger partial charge < -0.3 is 35.7 Å². The third-order valence-electron chi connectivity index (χ3n) is 7.41. The minimum Gasteiger partial charge on any atom is -0.506 e. The van der Waals surface area contributed by atoms with Crippen molar-refractivity contribution in [3.8, 4) is 5.75 Å². The van der Waals surface area contributed by atoms with Crippen molar-refractivity contribution < 1.29 is 38.5 Å². The number of fused-ring (bicyclic) bond motifs is 1. The van der Waals surface area contributed by atoms with E-state index >= 15 is 0 Å². The molecule has 0 spiro atoms. The Balaban J connectivity index is 1.37. The fraction of sp³-hybridized carbons (Fsp3) is 0.294. The number of methoxy groups -OCH3 is 1. The topological polar surface area (TPSA) is 170 Å². The third-order valence-corrected chi connectivity index (χ3v) is 8.66. The van der Waals surface area contributed by atoms with E-state index in [9.17, 15) is 24.3 Å². The van der Waals surface area contributed by atoms with Crippen molar-refractivity contribution in [3.05, 3.63) is 107 Å². The van der Waals surface area contributed by atoms with E-state index in [2.05, 4.69) is 10.6 Å². The summed E-state index contributed by atoms with van der Waals surface area (Å²) in [6.07, 6.45) is -1.63. The normalized spacial score (nSPS) is 18.1. The maximum absolute atomic E-state index is 13.8. The molecule has 13 heteroatoms. The Morgan fingerprint density at radius 2 is 1.60 bits per heavy atom. The van der Waals surface area contributed by atoms with Crippen LogP contribution in [-0.4, -0.2) is 63.8 Å². The highest BCUT2D eigenvalue weighted by Crippen LogP contribution is 2.42. The van der Waals surface area contributed by atoms with Gasteiger partial charge in [-0.05, 0) is 49.6 Å². The minimum atomic E-state index is -1.32. The Hall–Kier alpha value is -5.17. The first-order valence-electron chi connectivity index (χ1n) is 14.8. The van der Waals surface area contributed by atoms with E-state index in [0.717, 1.165) is 11.1 Å². The SMILES string of the molecule is COC1=C(C(=O)OC(c2ccccc2)c2ccccc2)N2C(=O)[C@@H](NC(=O)[C@H](NC(=O)OC(C)(C)C)c3ccc(O)c(N)c3)[C@H]2SC1. The van der Waals surface area contributed by atoms with Gasteiger partial charge in [0.2, 0.25) is 5.91 Å². The fourth-order valence-electron chi connectivity index (χ4n) is 5.20. The van der Waals surface area contributed by atoms with Crippen molar-refractivity contribution in [3.63, 3.8) is 0 Å². The number of thioether (sulfide) groups is 1. The van der Waals surface area contributed by atoms with Gasteiger partial charge in [-0.25, -0.2) is 9.59 Å². The van der Waals surface area contributed by atoms with Crippen LogP contribution < -0.4 is 16.4 Å². The summed E-state index contributed by atoms with van der Waals surface area (Å²) in [5.41, 5.74) is 6.70. The van der Waals surface area contributed by atoms with E-state index in [1.54, 1.807) is 20.8 Å². The monoisotopic (exact) mass is 660 g/mol. The summed E-state index contributed by atoms with van der Waals surface area (Å²) >= 11 is 1.30. The number of rotatable bonds is 9. The van der Waals surface area contributed by atoms with Gasteiger partial charge in [0.15, 0.2) is 11.8 Å². The number of amides is 3. The number of esters is 1. The number of hydrogen-bond acceptors (Lipinski definition) is 10. The zero-order chi connectivity index (χ0) is 33.9. The van der Waals surface area contributed by atoms with Gasteiger partial charge in [0.1, 0.15) is 34.6 Å². The molecule has 1 fully saturated rings. The van der Waals surface area contributed by atoms with Gasteiger partial charge in [0.05, 0.1) is 18.6 Å². The molecular formula is C34H36N4O8S. The number of nitrogens with two attached hydrogens (primary N) is 1. The number of nitrogens with one attached hydrogen (secondary N) is 2. The highest BCUT2D eigenvalue weighted by atomic mass is 32.2. The molecule has 1 saturated heterocycles. The largest absolute Gasteiger partial charge is 0.506 e. The van der Waals surface area contributed by atoms with Gasteiger partial charge in [0, 0.05) is 0 Å². The van der Waals surface area contributed by atoms with E-state index in [0.29, 0.717) is 0 Å². The number of ether oxygens (including phenoxy) is 3. The number of anilines is 1. The highest BCUT2D eigenvalue weighted by molar-refractivity contribution is 8.00. The number of aromatic hydroxyl groups is 1. The number of carbonyl (C=O) groups is 4. The standard InChI is InChI=1S/C34H36N4O8S/c1-34(2,3)46-33(43)37-25(21-15-16-23(39)22(35)17-21)29(40)36-26-30(41)38-27(24(44-4)18-47-31(26)38)32(42)45-28(19-11-7-5-8-12-19)20-13-9-6-10-14-20/h5-17,25-26,28,31,39H,18,35H2,1-4H3,(H,36,40)(H,37,43)/t25-,26-,31-/m1/s1. The molecule has 47 heavy (non-hydrogen) atoms. The summed E-state index contributed by atoms with van der Waals surface area (Å²) < 4.78 is 16.9.